The number of benzene rings is 1. The van der Waals surface area contributed by atoms with E-state index in [1.165, 1.54) is 11.1 Å². The van der Waals surface area contributed by atoms with Gasteiger partial charge < -0.3 is 4.99 Å². The van der Waals surface area contributed by atoms with E-state index in [0.717, 1.165) is 12.1 Å². The number of aromatic nitrogens is 4. The standard InChI is InChI=1S/C12H14N4.C4H9N/c1-4-5-12-13-15-16(14-12)11-7-6-9(2)10(3)8-11;1-3-4-5-2/h4-8H,1-3H3;4H,3H2,1-2H3/b5-4+;. The molecule has 0 saturated carbocycles. The average molecular weight is 285 g/mol. The molecule has 0 aliphatic heterocycles. The van der Waals surface area contributed by atoms with E-state index in [-0.39, 0.29) is 0 Å². The summed E-state index contributed by atoms with van der Waals surface area (Å²) in [4.78, 5) is 5.27. The van der Waals surface area contributed by atoms with Gasteiger partial charge in [0.05, 0.1) is 5.69 Å². The van der Waals surface area contributed by atoms with Gasteiger partial charge in [0.15, 0.2) is 5.82 Å². The van der Waals surface area contributed by atoms with Gasteiger partial charge in [-0.1, -0.05) is 19.1 Å². The van der Waals surface area contributed by atoms with Crippen molar-refractivity contribution < 1.29 is 0 Å². The highest BCUT2D eigenvalue weighted by Gasteiger charge is 2.03. The number of nitrogens with zero attached hydrogens (tertiary/aromatic N) is 5. The number of tetrazole rings is 1. The summed E-state index contributed by atoms with van der Waals surface area (Å²) < 4.78 is 0. The molecule has 112 valence electrons. The Morgan fingerprint density at radius 2 is 2.00 bits per heavy atom. The van der Waals surface area contributed by atoms with E-state index in [1.54, 1.807) is 11.8 Å². The zero-order valence-corrected chi connectivity index (χ0v) is 13.4. The fraction of sp³-hybridized carbons (Fsp3) is 0.375. The number of allylic oxidation sites excluding steroid dienone is 1. The smallest absolute Gasteiger partial charge is 0.197 e. The van der Waals surface area contributed by atoms with Crippen LogP contribution in [0.1, 0.15) is 37.2 Å². The first-order chi connectivity index (χ1) is 10.1. The molecule has 0 bridgehead atoms. The third-order valence-electron chi connectivity index (χ3n) is 2.83. The Kier molecular flexibility index (Phi) is 7.01. The van der Waals surface area contributed by atoms with Crippen LogP contribution < -0.4 is 0 Å². The number of hydrogen-bond acceptors (Lipinski definition) is 4. The molecule has 2 aromatic rings. The van der Waals surface area contributed by atoms with Crippen molar-refractivity contribution in [3.8, 4) is 5.69 Å². The largest absolute Gasteiger partial charge is 0.301 e. The molecule has 1 heterocycles. The maximum atomic E-state index is 4.25. The Morgan fingerprint density at radius 3 is 2.52 bits per heavy atom. The SMILES string of the molecule is C/C=C/c1nnn(-c2ccc(C)c(C)c2)n1.CCC=NC. The van der Waals surface area contributed by atoms with E-state index < -0.39 is 0 Å². The minimum atomic E-state index is 0.626. The molecule has 2 rings (SSSR count). The lowest BCUT2D eigenvalue weighted by Gasteiger charge is -2.02. The van der Waals surface area contributed by atoms with E-state index >= 15 is 0 Å². The summed E-state index contributed by atoms with van der Waals surface area (Å²) in [5.74, 6) is 0.626. The maximum absolute atomic E-state index is 4.25. The van der Waals surface area contributed by atoms with Crippen molar-refractivity contribution in [2.24, 2.45) is 4.99 Å². The van der Waals surface area contributed by atoms with Gasteiger partial charge in [-0.3, -0.25) is 0 Å². The van der Waals surface area contributed by atoms with E-state index in [9.17, 15) is 0 Å². The number of aliphatic imine (C=N–C) groups is 1. The fourth-order valence-electron chi connectivity index (χ4n) is 1.58. The molecule has 5 nitrogen and oxygen atoms in total. The van der Waals surface area contributed by atoms with E-state index in [1.807, 2.05) is 31.4 Å². The zero-order chi connectivity index (χ0) is 15.7. The Morgan fingerprint density at radius 1 is 1.24 bits per heavy atom. The first kappa shape index (κ1) is 16.8. The van der Waals surface area contributed by atoms with Gasteiger partial charge >= 0.3 is 0 Å². The quantitative estimate of drug-likeness (QED) is 0.812. The zero-order valence-electron chi connectivity index (χ0n) is 13.4. The predicted molar refractivity (Wildman–Crippen MR) is 88.0 cm³/mol. The third kappa shape index (κ3) is 5.30. The molecule has 0 amide bonds. The third-order valence-corrected chi connectivity index (χ3v) is 2.83. The van der Waals surface area contributed by atoms with Crippen molar-refractivity contribution >= 4 is 12.3 Å². The molecule has 0 aliphatic carbocycles. The molecule has 0 aliphatic rings. The highest BCUT2D eigenvalue weighted by atomic mass is 15.6. The van der Waals surface area contributed by atoms with E-state index in [0.29, 0.717) is 5.82 Å². The Hall–Kier alpha value is -2.30. The van der Waals surface area contributed by atoms with E-state index in [2.05, 4.69) is 53.3 Å². The summed E-state index contributed by atoms with van der Waals surface area (Å²) in [5.41, 5.74) is 3.42. The molecule has 0 spiro atoms. The van der Waals surface area contributed by atoms with Gasteiger partial charge in [0.2, 0.25) is 0 Å². The normalized spacial score (nSPS) is 10.9. The van der Waals surface area contributed by atoms with Crippen LogP contribution in [0.2, 0.25) is 0 Å². The molecular formula is C16H23N5. The monoisotopic (exact) mass is 285 g/mol. The molecule has 0 atom stereocenters. The topological polar surface area (TPSA) is 56.0 Å². The van der Waals surface area contributed by atoms with Crippen LogP contribution in [0.25, 0.3) is 11.8 Å². The molecule has 5 heteroatoms. The maximum Gasteiger partial charge on any atom is 0.197 e. The minimum absolute atomic E-state index is 0.626. The van der Waals surface area contributed by atoms with E-state index in [4.69, 9.17) is 0 Å². The summed E-state index contributed by atoms with van der Waals surface area (Å²) in [5, 5.41) is 12.2. The molecule has 0 saturated heterocycles. The average Bonchev–Trinajstić information content (AvgIpc) is 2.93. The van der Waals surface area contributed by atoms with Gasteiger partial charge in [0.25, 0.3) is 0 Å². The first-order valence-corrected chi connectivity index (χ1v) is 7.03. The molecule has 0 N–H and O–H groups in total. The molecular weight excluding hydrogens is 262 g/mol. The first-order valence-electron chi connectivity index (χ1n) is 7.03. The van der Waals surface area contributed by atoms with Gasteiger partial charge in [-0.2, -0.15) is 0 Å². The predicted octanol–water partition coefficient (Wildman–Crippen LogP) is 3.41. The summed E-state index contributed by atoms with van der Waals surface area (Å²) in [6, 6.07) is 6.10. The van der Waals surface area contributed by atoms with Gasteiger partial charge in [-0.15, -0.1) is 15.0 Å². The van der Waals surface area contributed by atoms with Gasteiger partial charge in [-0.05, 0) is 68.0 Å². The van der Waals surface area contributed by atoms with Gasteiger partial charge in [0, 0.05) is 7.05 Å². The van der Waals surface area contributed by atoms with Crippen LogP contribution in [0.15, 0.2) is 29.3 Å². The molecule has 0 fully saturated rings. The Bertz CT molecular complexity index is 611. The van der Waals surface area contributed by atoms with Crippen LogP contribution in [0, 0.1) is 13.8 Å². The van der Waals surface area contributed by atoms with Crippen LogP contribution >= 0.6 is 0 Å². The van der Waals surface area contributed by atoms with Crippen molar-refractivity contribution in [3.05, 3.63) is 41.2 Å². The van der Waals surface area contributed by atoms with Crippen molar-refractivity contribution in [2.75, 3.05) is 7.05 Å². The molecule has 0 unspecified atom stereocenters. The van der Waals surface area contributed by atoms with Crippen LogP contribution in [-0.4, -0.2) is 33.5 Å². The number of rotatable bonds is 3. The van der Waals surface area contributed by atoms with Crippen LogP contribution in [0.4, 0.5) is 0 Å². The summed E-state index contributed by atoms with van der Waals surface area (Å²) >= 11 is 0. The fourth-order valence-corrected chi connectivity index (χ4v) is 1.58. The highest BCUT2D eigenvalue weighted by molar-refractivity contribution is 5.56. The van der Waals surface area contributed by atoms with Crippen molar-refractivity contribution in [2.45, 2.75) is 34.1 Å². The summed E-state index contributed by atoms with van der Waals surface area (Å²) in [6.07, 6.45) is 6.64. The Balaban J connectivity index is 0.000000383. The lowest BCUT2D eigenvalue weighted by atomic mass is 10.1. The van der Waals surface area contributed by atoms with Gasteiger partial charge in [0.1, 0.15) is 0 Å². The second-order valence-corrected chi connectivity index (χ2v) is 4.55. The molecule has 0 radical (unpaired) electrons. The highest BCUT2D eigenvalue weighted by Crippen LogP contribution is 2.12. The lowest BCUT2D eigenvalue weighted by molar-refractivity contribution is 0.718. The van der Waals surface area contributed by atoms with Crippen LogP contribution in [0.3, 0.4) is 0 Å². The lowest BCUT2D eigenvalue weighted by Crippen LogP contribution is -1.99. The van der Waals surface area contributed by atoms with Crippen molar-refractivity contribution in [3.63, 3.8) is 0 Å². The molecule has 21 heavy (non-hydrogen) atoms. The van der Waals surface area contributed by atoms with Crippen molar-refractivity contribution in [1.29, 1.82) is 0 Å². The summed E-state index contributed by atoms with van der Waals surface area (Å²) in [6.45, 7) is 8.14. The second-order valence-electron chi connectivity index (χ2n) is 4.55. The Labute approximate surface area is 126 Å². The number of hydrogen-bond donors (Lipinski definition) is 0. The van der Waals surface area contributed by atoms with Gasteiger partial charge in [-0.25, -0.2) is 0 Å². The molecule has 1 aromatic heterocycles. The minimum Gasteiger partial charge on any atom is -0.301 e. The summed E-state index contributed by atoms with van der Waals surface area (Å²) in [7, 11) is 1.78. The molecule has 1 aromatic carbocycles. The van der Waals surface area contributed by atoms with Crippen molar-refractivity contribution in [1.82, 2.24) is 20.2 Å². The number of aryl methyl sites for hydroxylation is 2. The van der Waals surface area contributed by atoms with Crippen LogP contribution in [-0.2, 0) is 0 Å². The second kappa shape index (κ2) is 8.79. The van der Waals surface area contributed by atoms with Crippen LogP contribution in [0.5, 0.6) is 0 Å².